The molecule has 0 spiro atoms. The van der Waals surface area contributed by atoms with Crippen LogP contribution in [0.2, 0.25) is 0 Å². The molecule has 1 aliphatic heterocycles. The highest BCUT2D eigenvalue weighted by Gasteiger charge is 2.37. The van der Waals surface area contributed by atoms with Crippen molar-refractivity contribution < 1.29 is 27.4 Å². The first-order chi connectivity index (χ1) is 19.2. The van der Waals surface area contributed by atoms with Crippen molar-refractivity contribution in [1.29, 1.82) is 0 Å². The first-order valence-corrected chi connectivity index (χ1v) is 14.1. The first kappa shape index (κ1) is 27.4. The van der Waals surface area contributed by atoms with Crippen LogP contribution in [0.15, 0.2) is 48.8 Å². The van der Waals surface area contributed by atoms with Crippen LogP contribution in [0, 0.1) is 12.7 Å². The van der Waals surface area contributed by atoms with E-state index in [4.69, 9.17) is 9.47 Å². The first-order valence-electron chi connectivity index (χ1n) is 12.4. The highest BCUT2D eigenvalue weighted by Crippen LogP contribution is 2.36. The van der Waals surface area contributed by atoms with Crippen LogP contribution < -0.4 is 14.4 Å². The summed E-state index contributed by atoms with van der Waals surface area (Å²) in [6, 6.07) is 10.6. The zero-order valence-corrected chi connectivity index (χ0v) is 22.9. The number of para-hydroxylation sites is 1. The highest BCUT2D eigenvalue weighted by molar-refractivity contribution is 7.91. The van der Waals surface area contributed by atoms with E-state index in [-0.39, 0.29) is 31.3 Å². The van der Waals surface area contributed by atoms with Gasteiger partial charge in [0.15, 0.2) is 27.3 Å². The van der Waals surface area contributed by atoms with E-state index in [9.17, 15) is 17.9 Å². The molecule has 210 valence electrons. The Morgan fingerprint density at radius 3 is 2.35 bits per heavy atom. The Hall–Kier alpha value is -4.17. The summed E-state index contributed by atoms with van der Waals surface area (Å²) >= 11 is 0. The molecule has 1 unspecified atom stereocenters. The molecule has 0 bridgehead atoms. The van der Waals surface area contributed by atoms with Gasteiger partial charge in [-0.3, -0.25) is 4.57 Å². The van der Waals surface area contributed by atoms with Crippen LogP contribution in [-0.2, 0) is 15.6 Å². The van der Waals surface area contributed by atoms with Crippen molar-refractivity contribution in [3.05, 3.63) is 66.1 Å². The molecule has 0 amide bonds. The zero-order valence-electron chi connectivity index (χ0n) is 22.1. The maximum atomic E-state index is 13.8. The Morgan fingerprint density at radius 2 is 1.70 bits per heavy atom. The summed E-state index contributed by atoms with van der Waals surface area (Å²) in [5.74, 6) is 0.277. The van der Waals surface area contributed by atoms with Gasteiger partial charge in [-0.15, -0.1) is 10.2 Å². The third kappa shape index (κ3) is 5.45. The van der Waals surface area contributed by atoms with Crippen LogP contribution in [0.1, 0.15) is 17.9 Å². The number of hydrogen-bond donors (Lipinski definition) is 1. The Morgan fingerprint density at radius 1 is 1.02 bits per heavy atom. The summed E-state index contributed by atoms with van der Waals surface area (Å²) < 4.78 is 53.8. The van der Waals surface area contributed by atoms with Crippen molar-refractivity contribution in [3.63, 3.8) is 0 Å². The predicted molar refractivity (Wildman–Crippen MR) is 144 cm³/mol. The maximum Gasteiger partial charge on any atom is 0.225 e. The van der Waals surface area contributed by atoms with Crippen LogP contribution in [-0.4, -0.2) is 81.9 Å². The molecule has 14 heteroatoms. The van der Waals surface area contributed by atoms with Gasteiger partial charge in [0, 0.05) is 18.8 Å². The topological polar surface area (TPSA) is 145 Å². The molecule has 1 saturated heterocycles. The second kappa shape index (κ2) is 11.1. The van der Waals surface area contributed by atoms with Crippen LogP contribution >= 0.6 is 0 Å². The number of aliphatic hydroxyl groups is 1. The molecule has 0 saturated carbocycles. The summed E-state index contributed by atoms with van der Waals surface area (Å²) in [6.45, 7) is 1.98. The number of halogens is 1. The molecule has 1 aromatic carbocycles. The second-order valence-corrected chi connectivity index (χ2v) is 11.7. The smallest absolute Gasteiger partial charge is 0.225 e. The fourth-order valence-corrected chi connectivity index (χ4v) is 6.45. The van der Waals surface area contributed by atoms with E-state index in [0.717, 1.165) is 18.1 Å². The minimum atomic E-state index is -3.92. The summed E-state index contributed by atoms with van der Waals surface area (Å²) in [4.78, 5) is 14.0. The molecule has 4 aromatic rings. The normalized spacial score (nSPS) is 17.6. The highest BCUT2D eigenvalue weighted by atomic mass is 32.2. The molecule has 3 aromatic heterocycles. The van der Waals surface area contributed by atoms with Crippen LogP contribution in [0.3, 0.4) is 0 Å². The fourth-order valence-electron chi connectivity index (χ4n) is 4.75. The van der Waals surface area contributed by atoms with Gasteiger partial charge in [-0.05, 0) is 37.6 Å². The largest absolute Gasteiger partial charge is 0.494 e. The molecule has 12 nitrogen and oxygen atoms in total. The summed E-state index contributed by atoms with van der Waals surface area (Å²) in [5, 5.41) is 18.2. The number of β-amino-alcohol motifs (C(OH)–C–C–N with tert-alkyl or cyclic N) is 1. The fraction of sp³-hybridized carbons (Fsp3) is 0.346. The Balaban J connectivity index is 1.57. The number of nitrogens with zero attached hydrogens (tertiary/aromatic N) is 7. The van der Waals surface area contributed by atoms with E-state index in [1.165, 1.54) is 19.1 Å². The lowest BCUT2D eigenvalue weighted by molar-refractivity contribution is 0.154. The predicted octanol–water partition coefficient (Wildman–Crippen LogP) is 2.14. The van der Waals surface area contributed by atoms with E-state index in [2.05, 4.69) is 25.1 Å². The standard InChI is InChI=1S/C26H28FN7O5S/c1-16-6-4-7-20(30-16)25-32-31-23(34(25)24-21(38-2)8-5-9-22(24)39-3)15-40(36,37)19-10-18(35)13-33(14-19)26-28-11-17(27)12-29-26/h4-9,11-12,18-19,35H,10,13-15H2,1-3H3/t18-,19?/m0/s1. The van der Waals surface area contributed by atoms with Crippen molar-refractivity contribution in [2.75, 3.05) is 32.2 Å². The SMILES string of the molecule is COc1cccc(OC)c1-n1c(CS(=O)(=O)C2C[C@H](O)CN(c3ncc(F)cn3)C2)nnc1-c1cccc(C)n1. The molecular formula is C26H28FN7O5S. The Bertz CT molecular complexity index is 1590. The molecule has 1 N–H and O–H groups in total. The van der Waals surface area contributed by atoms with Crippen molar-refractivity contribution in [2.24, 2.45) is 0 Å². The van der Waals surface area contributed by atoms with Crippen LogP contribution in [0.25, 0.3) is 17.2 Å². The average molecular weight is 570 g/mol. The lowest BCUT2D eigenvalue weighted by atomic mass is 10.1. The van der Waals surface area contributed by atoms with Crippen molar-refractivity contribution >= 4 is 15.8 Å². The number of ether oxygens (including phenoxy) is 2. The number of sulfone groups is 1. The number of aryl methyl sites for hydroxylation is 1. The lowest BCUT2D eigenvalue weighted by Crippen LogP contribution is -2.49. The number of piperidine rings is 1. The number of pyridine rings is 1. The van der Waals surface area contributed by atoms with E-state index < -0.39 is 32.8 Å². The van der Waals surface area contributed by atoms with Crippen molar-refractivity contribution in [1.82, 2.24) is 29.7 Å². The van der Waals surface area contributed by atoms with E-state index in [1.54, 1.807) is 28.8 Å². The molecule has 5 rings (SSSR count). The third-order valence-corrected chi connectivity index (χ3v) is 8.61. The quantitative estimate of drug-likeness (QED) is 0.333. The van der Waals surface area contributed by atoms with Gasteiger partial charge < -0.3 is 19.5 Å². The number of anilines is 1. The number of rotatable bonds is 8. The molecule has 0 radical (unpaired) electrons. The minimum Gasteiger partial charge on any atom is -0.494 e. The number of aliphatic hydroxyl groups excluding tert-OH is 1. The lowest BCUT2D eigenvalue weighted by Gasteiger charge is -2.35. The zero-order chi connectivity index (χ0) is 28.4. The van der Waals surface area contributed by atoms with Gasteiger partial charge >= 0.3 is 0 Å². The summed E-state index contributed by atoms with van der Waals surface area (Å²) in [6.07, 6.45) is 1.05. The maximum absolute atomic E-state index is 13.8. The number of benzene rings is 1. The van der Waals surface area contributed by atoms with Gasteiger partial charge in [0.2, 0.25) is 5.95 Å². The molecule has 0 aliphatic carbocycles. The second-order valence-electron chi connectivity index (χ2n) is 9.38. The molecule has 1 aliphatic rings. The van der Waals surface area contributed by atoms with Crippen molar-refractivity contribution in [2.45, 2.75) is 30.5 Å². The van der Waals surface area contributed by atoms with Gasteiger partial charge in [-0.2, -0.15) is 0 Å². The van der Waals surface area contributed by atoms with Gasteiger partial charge in [-0.25, -0.2) is 27.8 Å². The molecule has 2 atom stereocenters. The van der Waals surface area contributed by atoms with Gasteiger partial charge in [0.25, 0.3) is 0 Å². The third-order valence-electron chi connectivity index (χ3n) is 6.59. The van der Waals surface area contributed by atoms with E-state index >= 15 is 0 Å². The summed E-state index contributed by atoms with van der Waals surface area (Å²) in [7, 11) is -0.923. The molecule has 1 fully saturated rings. The van der Waals surface area contributed by atoms with Crippen LogP contribution in [0.4, 0.5) is 10.3 Å². The molecule has 4 heterocycles. The average Bonchev–Trinajstić information content (AvgIpc) is 3.34. The van der Waals surface area contributed by atoms with Crippen LogP contribution in [0.5, 0.6) is 11.5 Å². The minimum absolute atomic E-state index is 0.0123. The number of methoxy groups -OCH3 is 2. The van der Waals surface area contributed by atoms with Gasteiger partial charge in [0.05, 0.1) is 38.0 Å². The number of hydrogen-bond acceptors (Lipinski definition) is 11. The summed E-state index contributed by atoms with van der Waals surface area (Å²) in [5.41, 5.74) is 1.65. The Kier molecular flexibility index (Phi) is 7.63. The molecular weight excluding hydrogens is 541 g/mol. The van der Waals surface area contributed by atoms with E-state index in [1.807, 2.05) is 19.1 Å². The number of aromatic nitrogens is 6. The van der Waals surface area contributed by atoms with Gasteiger partial charge in [-0.1, -0.05) is 12.1 Å². The van der Waals surface area contributed by atoms with Crippen molar-refractivity contribution in [3.8, 4) is 28.7 Å². The molecule has 40 heavy (non-hydrogen) atoms. The van der Waals surface area contributed by atoms with E-state index in [0.29, 0.717) is 28.7 Å². The van der Waals surface area contributed by atoms with Gasteiger partial charge in [0.1, 0.15) is 28.6 Å². The Labute approximate surface area is 230 Å². The monoisotopic (exact) mass is 569 g/mol.